The van der Waals surface area contributed by atoms with Gasteiger partial charge in [0.1, 0.15) is 35.1 Å². The highest BCUT2D eigenvalue weighted by atomic mass is 16.6. The molecule has 4 saturated carbocycles. The first-order chi connectivity index (χ1) is 38.8. The van der Waals surface area contributed by atoms with Crippen LogP contribution in [0.2, 0.25) is 0 Å². The molecule has 2 aliphatic heterocycles. The molecule has 4 amide bonds. The minimum Gasteiger partial charge on any atom is -0.464 e. The molecule has 0 radical (unpaired) electrons. The minimum atomic E-state index is -1.75. The molecule has 2 spiro atoms. The summed E-state index contributed by atoms with van der Waals surface area (Å²) in [6.07, 6.45) is 6.22. The van der Waals surface area contributed by atoms with E-state index in [2.05, 4.69) is 32.2 Å². The lowest BCUT2D eigenvalue weighted by molar-refractivity contribution is -0.169. The summed E-state index contributed by atoms with van der Waals surface area (Å²) in [5, 5.41) is 2.71. The van der Waals surface area contributed by atoms with E-state index in [9.17, 15) is 38.4 Å². The van der Waals surface area contributed by atoms with Crippen LogP contribution in [0.3, 0.4) is 0 Å². The van der Waals surface area contributed by atoms with E-state index in [1.807, 2.05) is 13.0 Å². The Morgan fingerprint density at radius 1 is 0.786 bits per heavy atom. The summed E-state index contributed by atoms with van der Waals surface area (Å²) >= 11 is 0. The lowest BCUT2D eigenvalue weighted by atomic mass is 9.43. The van der Waals surface area contributed by atoms with Gasteiger partial charge in [0.05, 0.1) is 12.2 Å². The topological polar surface area (TPSA) is 240 Å². The quantitative estimate of drug-likeness (QED) is 0.0858. The Balaban J connectivity index is 1.04. The van der Waals surface area contributed by atoms with Crippen LogP contribution in [-0.2, 0) is 57.1 Å². The number of fused-ring (bicyclic) bond motifs is 2. The van der Waals surface area contributed by atoms with Gasteiger partial charge in [0.25, 0.3) is 0 Å². The fourth-order valence-electron chi connectivity index (χ4n) is 16.0. The van der Waals surface area contributed by atoms with Crippen molar-refractivity contribution in [2.24, 2.45) is 57.2 Å². The molecule has 0 aromatic heterocycles. The van der Waals surface area contributed by atoms with Crippen LogP contribution < -0.4 is 5.32 Å². The summed E-state index contributed by atoms with van der Waals surface area (Å²) in [4.78, 5) is 128. The zero-order valence-electron chi connectivity index (χ0n) is 53.4. The second kappa shape index (κ2) is 24.2. The second-order valence-electron chi connectivity index (χ2n) is 29.3. The lowest BCUT2D eigenvalue weighted by Gasteiger charge is -2.61. The first-order valence-electron chi connectivity index (χ1n) is 30.8. The average molecular weight is 1180 g/mol. The standard InChI is InChI=1S/C64H98N4O16/c1-38-36-78-46(71)35-68(33-21-32-67(55(76)83-59(11,12)13)30-19-18-29-66(54(75)82-58(8,9)10)31-20-28-65-53(74)81-57(5,6)7)56(77)84-60(14,15)49-47(38)50(72)51(80-52(49)73)40(3)48-44(79-41(4)69)34-62(17)45-23-22-42-39(2)43(70)24-25-63(42)37-64(45,63)27-26-61(48,62)16/h24-25,38-40,42,44-45,48,51H,18-23,26-37H2,1-17H3,(H,65,74)/t38-,39-,40-,42-,44-,45-,48-,51?,61+,62-,63+,64-/m0/s1. The first kappa shape index (κ1) is 65.8. The fraction of sp³-hybridized carbons (Fsp3) is 0.797. The van der Waals surface area contributed by atoms with Crippen LogP contribution in [0, 0.1) is 57.2 Å². The lowest BCUT2D eigenvalue weighted by Crippen LogP contribution is -2.56. The van der Waals surface area contributed by atoms with Crippen molar-refractivity contribution >= 4 is 53.8 Å². The van der Waals surface area contributed by atoms with Gasteiger partial charge in [-0.25, -0.2) is 24.0 Å². The number of esters is 3. The van der Waals surface area contributed by atoms with Gasteiger partial charge in [-0.3, -0.25) is 24.1 Å². The number of Topliss-reactive ketones (excluding diaryl/α,β-unsaturated/α-hetero) is 1. The number of amides is 4. The largest absolute Gasteiger partial charge is 0.464 e. The summed E-state index contributed by atoms with van der Waals surface area (Å²) < 4.78 is 41.3. The van der Waals surface area contributed by atoms with E-state index in [1.54, 1.807) is 74.1 Å². The number of unbranched alkanes of at least 4 members (excludes halogenated alkanes) is 1. The molecule has 1 N–H and O–H groups in total. The molecule has 20 heteroatoms. The predicted molar refractivity (Wildman–Crippen MR) is 310 cm³/mol. The Hall–Kier alpha value is -5.69. The highest BCUT2D eigenvalue weighted by molar-refractivity contribution is 6.11. The van der Waals surface area contributed by atoms with Crippen LogP contribution in [0.15, 0.2) is 23.3 Å². The van der Waals surface area contributed by atoms with E-state index < -0.39 is 112 Å². The molecule has 7 aliphatic rings. The van der Waals surface area contributed by atoms with Crippen molar-refractivity contribution in [3.63, 3.8) is 0 Å². The van der Waals surface area contributed by atoms with E-state index in [-0.39, 0.29) is 97.3 Å². The zero-order chi connectivity index (χ0) is 62.5. The number of ketones is 2. The monoisotopic (exact) mass is 1180 g/mol. The Labute approximate surface area is 497 Å². The van der Waals surface area contributed by atoms with Gasteiger partial charge in [-0.2, -0.15) is 0 Å². The fourth-order valence-corrected chi connectivity index (χ4v) is 16.0. The van der Waals surface area contributed by atoms with Crippen molar-refractivity contribution in [3.05, 3.63) is 23.3 Å². The maximum Gasteiger partial charge on any atom is 0.411 e. The van der Waals surface area contributed by atoms with Gasteiger partial charge in [-0.15, -0.1) is 0 Å². The van der Waals surface area contributed by atoms with Crippen molar-refractivity contribution in [1.82, 2.24) is 20.0 Å². The van der Waals surface area contributed by atoms with Crippen molar-refractivity contribution < 1.29 is 76.3 Å². The number of hydrogen-bond donors (Lipinski definition) is 1. The number of hydrogen-bond acceptors (Lipinski definition) is 16. The van der Waals surface area contributed by atoms with Crippen LogP contribution in [0.5, 0.6) is 0 Å². The van der Waals surface area contributed by atoms with E-state index in [0.717, 1.165) is 37.0 Å². The maximum atomic E-state index is 15.4. The molecule has 12 atom stereocenters. The predicted octanol–water partition coefficient (Wildman–Crippen LogP) is 10.3. The maximum absolute atomic E-state index is 15.4. The van der Waals surface area contributed by atoms with Gasteiger partial charge < -0.3 is 48.3 Å². The molecule has 2 heterocycles. The summed E-state index contributed by atoms with van der Waals surface area (Å²) in [7, 11) is 0. The molecule has 470 valence electrons. The second-order valence-corrected chi connectivity index (χ2v) is 29.3. The minimum absolute atomic E-state index is 0.0200. The third-order valence-electron chi connectivity index (χ3n) is 19.7. The smallest absolute Gasteiger partial charge is 0.411 e. The van der Waals surface area contributed by atoms with Crippen molar-refractivity contribution in [2.45, 2.75) is 217 Å². The van der Waals surface area contributed by atoms with Gasteiger partial charge in [0, 0.05) is 75.4 Å². The Morgan fingerprint density at radius 2 is 1.37 bits per heavy atom. The highest BCUT2D eigenvalue weighted by Gasteiger charge is 2.82. The number of carbonyl (C=O) groups is 9. The molecular formula is C64H98N4O16. The van der Waals surface area contributed by atoms with E-state index in [0.29, 0.717) is 31.6 Å². The summed E-state index contributed by atoms with van der Waals surface area (Å²) in [5.74, 6) is -3.67. The van der Waals surface area contributed by atoms with Crippen molar-refractivity contribution in [3.8, 4) is 0 Å². The van der Waals surface area contributed by atoms with Gasteiger partial charge in [-0.05, 0) is 180 Å². The number of rotatable bonds is 16. The number of nitrogens with one attached hydrogen (secondary N) is 1. The molecule has 0 bridgehead atoms. The number of nitrogens with zero attached hydrogens (tertiary/aromatic N) is 3. The van der Waals surface area contributed by atoms with Gasteiger partial charge in [-0.1, -0.05) is 40.7 Å². The molecule has 0 saturated heterocycles. The molecule has 0 aromatic carbocycles. The van der Waals surface area contributed by atoms with Crippen LogP contribution in [-0.4, -0.2) is 156 Å². The number of alkyl carbamates (subject to hydrolysis) is 1. The third-order valence-corrected chi connectivity index (χ3v) is 19.7. The average Bonchev–Trinajstić information content (AvgIpc) is 1.47. The Morgan fingerprint density at radius 3 is 1.95 bits per heavy atom. The third kappa shape index (κ3) is 13.6. The molecular weight excluding hydrogens is 1080 g/mol. The number of allylic oxidation sites excluding steroid dienone is 2. The molecule has 7 rings (SSSR count). The normalized spacial score (nSPS) is 32.3. The molecule has 1 unspecified atom stereocenters. The number of cyclic esters (lactones) is 3. The van der Waals surface area contributed by atoms with E-state index in [4.69, 9.17) is 33.2 Å². The van der Waals surface area contributed by atoms with Crippen molar-refractivity contribution in [2.75, 3.05) is 52.4 Å². The van der Waals surface area contributed by atoms with Crippen LogP contribution in [0.25, 0.3) is 0 Å². The number of ether oxygens (including phenoxy) is 7. The zero-order valence-corrected chi connectivity index (χ0v) is 53.4. The summed E-state index contributed by atoms with van der Waals surface area (Å²) in [6, 6.07) is 0. The highest BCUT2D eigenvalue weighted by Crippen LogP contribution is 2.87. The van der Waals surface area contributed by atoms with Gasteiger partial charge in [0.15, 0.2) is 11.9 Å². The summed E-state index contributed by atoms with van der Waals surface area (Å²) in [5.41, 5.74) is -4.90. The Kier molecular flexibility index (Phi) is 19.0. The first-order valence-corrected chi connectivity index (χ1v) is 30.8. The summed E-state index contributed by atoms with van der Waals surface area (Å²) in [6.45, 7) is 30.8. The molecule has 4 fully saturated rings. The Bertz CT molecular complexity index is 2640. The molecule has 0 aromatic rings. The van der Waals surface area contributed by atoms with Crippen molar-refractivity contribution in [1.29, 1.82) is 0 Å². The van der Waals surface area contributed by atoms with Crippen LogP contribution in [0.1, 0.15) is 182 Å². The number of carbonyl (C=O) groups excluding carboxylic acids is 9. The molecule has 5 aliphatic carbocycles. The van der Waals surface area contributed by atoms with Crippen LogP contribution >= 0.6 is 0 Å². The van der Waals surface area contributed by atoms with E-state index in [1.165, 1.54) is 25.7 Å². The van der Waals surface area contributed by atoms with Crippen LogP contribution in [0.4, 0.5) is 19.2 Å². The molecule has 20 nitrogen and oxygen atoms in total. The molecule has 84 heavy (non-hydrogen) atoms. The SMILES string of the molecule is CC(=O)O[C@H]1C[C@@]2(C)[C@@H]3CC[C@H]4[C@H](C)C(=O)C=C[C@@]45C[C@@]35CC[C@]2(C)[C@H]1[C@H](C)C1OC(=O)C2=C(C1=O)[C@@H](C)COC(=O)CN(CCCN(CCCCN(CCCNC(=O)OC(C)(C)C)C(=O)OC(C)(C)C)C(=O)OC(C)(C)C)C(=O)OC2(C)C. The van der Waals surface area contributed by atoms with Gasteiger partial charge in [0.2, 0.25) is 5.78 Å². The van der Waals surface area contributed by atoms with E-state index >= 15 is 4.79 Å². The van der Waals surface area contributed by atoms with Gasteiger partial charge >= 0.3 is 42.3 Å².